The van der Waals surface area contributed by atoms with E-state index in [0.29, 0.717) is 13.1 Å². The fourth-order valence-corrected chi connectivity index (χ4v) is 4.73. The lowest BCUT2D eigenvalue weighted by Crippen LogP contribution is -2.41. The van der Waals surface area contributed by atoms with Crippen molar-refractivity contribution in [2.24, 2.45) is 0 Å². The number of amides is 2. The third kappa shape index (κ3) is 5.70. The van der Waals surface area contributed by atoms with Crippen molar-refractivity contribution in [1.82, 2.24) is 10.2 Å². The molecule has 170 valence electrons. The lowest BCUT2D eigenvalue weighted by Gasteiger charge is -2.38. The van der Waals surface area contributed by atoms with E-state index in [1.807, 2.05) is 41.3 Å². The molecule has 0 fully saturated rings. The number of hydrogen-bond acceptors (Lipinski definition) is 2. The van der Waals surface area contributed by atoms with E-state index in [1.54, 1.807) is 0 Å². The number of carbonyl (C=O) groups is 2. The number of rotatable bonds is 8. The van der Waals surface area contributed by atoms with Gasteiger partial charge in [-0.3, -0.25) is 9.59 Å². The van der Waals surface area contributed by atoms with Crippen molar-refractivity contribution >= 4 is 11.8 Å². The summed E-state index contributed by atoms with van der Waals surface area (Å²) >= 11 is 0. The van der Waals surface area contributed by atoms with Gasteiger partial charge in [0.15, 0.2) is 0 Å². The van der Waals surface area contributed by atoms with Crippen LogP contribution in [0.2, 0.25) is 0 Å². The Kier molecular flexibility index (Phi) is 7.56. The molecule has 0 aromatic heterocycles. The van der Waals surface area contributed by atoms with E-state index in [9.17, 15) is 9.59 Å². The number of aryl methyl sites for hydroxylation is 2. The van der Waals surface area contributed by atoms with Gasteiger partial charge in [0.05, 0.1) is 6.04 Å². The molecule has 0 saturated carbocycles. The maximum Gasteiger partial charge on any atom is 0.223 e. The minimum atomic E-state index is -0.101. The van der Waals surface area contributed by atoms with Gasteiger partial charge in [-0.15, -0.1) is 0 Å². The Balaban J connectivity index is 1.35. The van der Waals surface area contributed by atoms with Crippen LogP contribution in [0.5, 0.6) is 0 Å². The molecule has 0 radical (unpaired) electrons. The number of nitrogens with one attached hydrogen (secondary N) is 1. The van der Waals surface area contributed by atoms with Crippen LogP contribution in [0.25, 0.3) is 0 Å². The molecule has 0 bridgehead atoms. The van der Waals surface area contributed by atoms with Gasteiger partial charge in [0, 0.05) is 25.9 Å². The van der Waals surface area contributed by atoms with Gasteiger partial charge in [0.2, 0.25) is 11.8 Å². The number of benzene rings is 3. The van der Waals surface area contributed by atoms with Gasteiger partial charge in [-0.25, -0.2) is 0 Å². The zero-order valence-electron chi connectivity index (χ0n) is 19.3. The largest absolute Gasteiger partial charge is 0.356 e. The summed E-state index contributed by atoms with van der Waals surface area (Å²) in [4.78, 5) is 27.6. The maximum atomic E-state index is 13.2. The van der Waals surface area contributed by atoms with Crippen LogP contribution >= 0.6 is 0 Å². The number of carbonyl (C=O) groups excluding carboxylic acids is 2. The summed E-state index contributed by atoms with van der Waals surface area (Å²) in [5.41, 5.74) is 6.20. The van der Waals surface area contributed by atoms with Gasteiger partial charge < -0.3 is 10.2 Å². The minimum Gasteiger partial charge on any atom is -0.356 e. The fraction of sp³-hybridized carbons (Fsp3) is 0.310. The van der Waals surface area contributed by atoms with Crippen molar-refractivity contribution in [2.75, 3.05) is 13.1 Å². The second-order valence-corrected chi connectivity index (χ2v) is 8.73. The SMILES string of the molecule is Cc1cccc2c1CCN(C(=O)CCC(=O)NCCCc1ccccc1)C2c1ccccc1. The van der Waals surface area contributed by atoms with Gasteiger partial charge in [-0.2, -0.15) is 0 Å². The fourth-order valence-electron chi connectivity index (χ4n) is 4.73. The Bertz CT molecular complexity index is 1080. The highest BCUT2D eigenvalue weighted by atomic mass is 16.2. The Morgan fingerprint density at radius 1 is 0.909 bits per heavy atom. The van der Waals surface area contributed by atoms with Crippen LogP contribution in [0.1, 0.15) is 53.1 Å². The molecular formula is C29H32N2O2. The summed E-state index contributed by atoms with van der Waals surface area (Å²) in [6.45, 7) is 3.44. The van der Waals surface area contributed by atoms with Crippen LogP contribution in [0, 0.1) is 6.92 Å². The Hall–Kier alpha value is -3.40. The molecule has 3 aromatic rings. The van der Waals surface area contributed by atoms with Crippen LogP contribution in [0.15, 0.2) is 78.9 Å². The highest BCUT2D eigenvalue weighted by Gasteiger charge is 2.32. The van der Waals surface area contributed by atoms with Crippen molar-refractivity contribution < 1.29 is 9.59 Å². The average Bonchev–Trinajstić information content (AvgIpc) is 2.86. The van der Waals surface area contributed by atoms with Crippen molar-refractivity contribution in [1.29, 1.82) is 0 Å². The molecule has 33 heavy (non-hydrogen) atoms. The lowest BCUT2D eigenvalue weighted by molar-refractivity contribution is -0.135. The molecule has 4 nitrogen and oxygen atoms in total. The predicted octanol–water partition coefficient (Wildman–Crippen LogP) is 5.00. The first kappa shape index (κ1) is 22.8. The molecule has 1 aliphatic rings. The summed E-state index contributed by atoms with van der Waals surface area (Å²) < 4.78 is 0. The summed E-state index contributed by atoms with van der Waals surface area (Å²) in [7, 11) is 0. The first-order chi connectivity index (χ1) is 16.1. The highest BCUT2D eigenvalue weighted by Crippen LogP contribution is 2.36. The Labute approximate surface area is 196 Å². The van der Waals surface area contributed by atoms with Crippen LogP contribution in [0.3, 0.4) is 0 Å². The van der Waals surface area contributed by atoms with Crippen LogP contribution < -0.4 is 5.32 Å². The van der Waals surface area contributed by atoms with E-state index in [2.05, 4.69) is 54.7 Å². The van der Waals surface area contributed by atoms with Gasteiger partial charge in [0.1, 0.15) is 0 Å². The summed E-state index contributed by atoms with van der Waals surface area (Å²) in [5, 5.41) is 2.97. The molecule has 0 aliphatic carbocycles. The maximum absolute atomic E-state index is 13.2. The molecule has 1 N–H and O–H groups in total. The van der Waals surface area contributed by atoms with Crippen molar-refractivity contribution in [2.45, 2.75) is 45.1 Å². The molecule has 0 spiro atoms. The molecule has 0 saturated heterocycles. The van der Waals surface area contributed by atoms with Crippen LogP contribution in [-0.2, 0) is 22.4 Å². The average molecular weight is 441 g/mol. The topological polar surface area (TPSA) is 49.4 Å². The summed E-state index contributed by atoms with van der Waals surface area (Å²) in [6.07, 6.45) is 3.13. The zero-order valence-corrected chi connectivity index (χ0v) is 19.3. The lowest BCUT2D eigenvalue weighted by atomic mass is 9.85. The zero-order chi connectivity index (χ0) is 23.0. The molecule has 1 atom stereocenters. The molecular weight excluding hydrogens is 408 g/mol. The number of hydrogen-bond donors (Lipinski definition) is 1. The quantitative estimate of drug-likeness (QED) is 0.501. The van der Waals surface area contributed by atoms with E-state index in [-0.39, 0.29) is 30.7 Å². The van der Waals surface area contributed by atoms with E-state index >= 15 is 0 Å². The standard InChI is InChI=1S/C29H32N2O2/c1-22-10-8-16-26-25(22)19-21-31(29(26)24-14-6-3-7-15-24)28(33)18-17-27(32)30-20-9-13-23-11-4-2-5-12-23/h2-8,10-12,14-16,29H,9,13,17-21H2,1H3,(H,30,32). The second kappa shape index (κ2) is 11.0. The van der Waals surface area contributed by atoms with Gasteiger partial charge in [-0.1, -0.05) is 78.9 Å². The van der Waals surface area contributed by atoms with Crippen LogP contribution in [0.4, 0.5) is 0 Å². The highest BCUT2D eigenvalue weighted by molar-refractivity contribution is 5.84. The van der Waals surface area contributed by atoms with Crippen molar-refractivity contribution in [3.05, 3.63) is 107 Å². The first-order valence-electron chi connectivity index (χ1n) is 11.9. The third-order valence-electron chi connectivity index (χ3n) is 6.46. The monoisotopic (exact) mass is 440 g/mol. The van der Waals surface area contributed by atoms with E-state index < -0.39 is 0 Å². The summed E-state index contributed by atoms with van der Waals surface area (Å²) in [6, 6.07) is 26.7. The van der Waals surface area contributed by atoms with Crippen molar-refractivity contribution in [3.63, 3.8) is 0 Å². The first-order valence-corrected chi connectivity index (χ1v) is 11.9. The number of nitrogens with zero attached hydrogens (tertiary/aromatic N) is 1. The van der Waals surface area contributed by atoms with Gasteiger partial charge >= 0.3 is 0 Å². The minimum absolute atomic E-state index is 0.0374. The second-order valence-electron chi connectivity index (χ2n) is 8.73. The predicted molar refractivity (Wildman–Crippen MR) is 132 cm³/mol. The molecule has 1 unspecified atom stereocenters. The van der Waals surface area contributed by atoms with E-state index in [1.165, 1.54) is 22.3 Å². The molecule has 2 amide bonds. The smallest absolute Gasteiger partial charge is 0.223 e. The van der Waals surface area contributed by atoms with Gasteiger partial charge in [0.25, 0.3) is 0 Å². The molecule has 4 rings (SSSR count). The van der Waals surface area contributed by atoms with Crippen molar-refractivity contribution in [3.8, 4) is 0 Å². The normalized spacial score (nSPS) is 15.1. The van der Waals surface area contributed by atoms with E-state index in [0.717, 1.165) is 24.8 Å². The van der Waals surface area contributed by atoms with Crippen LogP contribution in [-0.4, -0.2) is 29.8 Å². The molecule has 1 heterocycles. The third-order valence-corrected chi connectivity index (χ3v) is 6.46. The Morgan fingerprint density at radius 3 is 2.39 bits per heavy atom. The number of fused-ring (bicyclic) bond motifs is 1. The molecule has 1 aliphatic heterocycles. The molecule has 3 aromatic carbocycles. The van der Waals surface area contributed by atoms with Gasteiger partial charge in [-0.05, 0) is 54.0 Å². The summed E-state index contributed by atoms with van der Waals surface area (Å²) in [5.74, 6) is -0.0172. The molecule has 4 heteroatoms. The van der Waals surface area contributed by atoms with E-state index in [4.69, 9.17) is 0 Å². The Morgan fingerprint density at radius 2 is 1.64 bits per heavy atom.